The van der Waals surface area contributed by atoms with E-state index >= 15 is 0 Å². The Labute approximate surface area is 226 Å². The molecule has 39 heavy (non-hydrogen) atoms. The van der Waals surface area contributed by atoms with E-state index in [9.17, 15) is 14.7 Å². The van der Waals surface area contributed by atoms with E-state index in [4.69, 9.17) is 18.9 Å². The van der Waals surface area contributed by atoms with Crippen molar-refractivity contribution < 1.29 is 33.6 Å². The Morgan fingerprint density at radius 3 is 2.46 bits per heavy atom. The first-order valence-corrected chi connectivity index (χ1v) is 12.7. The highest BCUT2D eigenvalue weighted by Crippen LogP contribution is 2.46. The monoisotopic (exact) mass is 533 g/mol. The molecule has 2 atom stereocenters. The Balaban J connectivity index is 1.61. The number of hydrogen-bond acceptors (Lipinski definition) is 8. The van der Waals surface area contributed by atoms with E-state index in [-0.39, 0.29) is 24.0 Å². The van der Waals surface area contributed by atoms with Gasteiger partial charge in [0.2, 0.25) is 5.75 Å². The molecule has 0 radical (unpaired) electrons. The van der Waals surface area contributed by atoms with Crippen molar-refractivity contribution in [3.05, 3.63) is 71.3 Å². The molecule has 0 unspecified atom stereocenters. The fraction of sp³-hybridized carbons (Fsp3) is 0.345. The summed E-state index contributed by atoms with van der Waals surface area (Å²) in [6, 6.07) is 7.82. The van der Waals surface area contributed by atoms with E-state index in [0.717, 1.165) is 11.3 Å². The summed E-state index contributed by atoms with van der Waals surface area (Å²) in [7, 11) is 4.49. The molecule has 2 aromatic carbocycles. The van der Waals surface area contributed by atoms with Crippen LogP contribution in [0.2, 0.25) is 0 Å². The number of Topliss-reactive ketones (excluding diaryl/α,β-unsaturated/α-hetero) is 1. The van der Waals surface area contributed by atoms with Crippen molar-refractivity contribution in [1.29, 1.82) is 0 Å². The maximum absolute atomic E-state index is 13.5. The molecule has 1 amide bonds. The van der Waals surface area contributed by atoms with Gasteiger partial charge < -0.3 is 33.5 Å². The SMILES string of the molecule is COc1cc([C@H]2C(=C(O)c3ccc4c(c3)C[C@H](C)O4)C(=O)C(=O)N2CCCn2ccnc2)cc(OC)c1OC. The molecule has 0 aliphatic carbocycles. The van der Waals surface area contributed by atoms with Crippen molar-refractivity contribution in [2.45, 2.75) is 38.5 Å². The van der Waals surface area contributed by atoms with Gasteiger partial charge in [-0.1, -0.05) is 0 Å². The number of aliphatic hydroxyl groups is 1. The van der Waals surface area contributed by atoms with Crippen LogP contribution in [0.4, 0.5) is 0 Å². The maximum atomic E-state index is 13.5. The molecule has 1 fully saturated rings. The van der Waals surface area contributed by atoms with Crippen LogP contribution >= 0.6 is 0 Å². The molecule has 3 heterocycles. The highest BCUT2D eigenvalue weighted by Gasteiger charge is 2.46. The number of imidazole rings is 1. The molecule has 1 N–H and O–H groups in total. The second-order valence-corrected chi connectivity index (χ2v) is 9.56. The molecule has 0 bridgehead atoms. The van der Waals surface area contributed by atoms with E-state index in [1.165, 1.54) is 26.2 Å². The van der Waals surface area contributed by atoms with Gasteiger partial charge in [0.1, 0.15) is 17.6 Å². The van der Waals surface area contributed by atoms with Crippen LogP contribution in [0.5, 0.6) is 23.0 Å². The lowest BCUT2D eigenvalue weighted by atomic mass is 9.94. The maximum Gasteiger partial charge on any atom is 0.295 e. The molecule has 3 aromatic rings. The van der Waals surface area contributed by atoms with Gasteiger partial charge in [-0.05, 0) is 54.8 Å². The first-order valence-electron chi connectivity index (χ1n) is 12.7. The Bertz CT molecular complexity index is 1410. The Kier molecular flexibility index (Phi) is 7.19. The minimum atomic E-state index is -0.870. The van der Waals surface area contributed by atoms with Crippen LogP contribution in [-0.4, -0.2) is 65.2 Å². The lowest BCUT2D eigenvalue weighted by molar-refractivity contribution is -0.139. The number of rotatable bonds is 9. The van der Waals surface area contributed by atoms with E-state index in [1.807, 2.05) is 23.8 Å². The van der Waals surface area contributed by atoms with Crippen molar-refractivity contribution in [3.63, 3.8) is 0 Å². The highest BCUT2D eigenvalue weighted by atomic mass is 16.5. The van der Waals surface area contributed by atoms with E-state index in [2.05, 4.69) is 4.98 Å². The third-order valence-corrected chi connectivity index (χ3v) is 7.09. The molecule has 0 spiro atoms. The number of methoxy groups -OCH3 is 3. The van der Waals surface area contributed by atoms with Gasteiger partial charge in [-0.3, -0.25) is 9.59 Å². The second kappa shape index (κ2) is 10.7. The number of hydrogen-bond donors (Lipinski definition) is 1. The van der Waals surface area contributed by atoms with E-state index < -0.39 is 17.7 Å². The summed E-state index contributed by atoms with van der Waals surface area (Å²) in [6.45, 7) is 2.85. The number of carbonyl (C=O) groups is 2. The van der Waals surface area contributed by atoms with Gasteiger partial charge in [0.25, 0.3) is 11.7 Å². The quantitative estimate of drug-likeness (QED) is 0.252. The molecule has 2 aliphatic heterocycles. The topological polar surface area (TPSA) is 112 Å². The van der Waals surface area contributed by atoms with Crippen LogP contribution < -0.4 is 18.9 Å². The van der Waals surface area contributed by atoms with Gasteiger partial charge in [0, 0.05) is 37.5 Å². The predicted molar refractivity (Wildman–Crippen MR) is 142 cm³/mol. The second-order valence-electron chi connectivity index (χ2n) is 9.56. The van der Waals surface area contributed by atoms with Gasteiger partial charge in [-0.15, -0.1) is 0 Å². The van der Waals surface area contributed by atoms with Crippen LogP contribution in [0, 0.1) is 0 Å². The van der Waals surface area contributed by atoms with Crippen molar-refractivity contribution in [2.75, 3.05) is 27.9 Å². The van der Waals surface area contributed by atoms with Gasteiger partial charge >= 0.3 is 0 Å². The first kappa shape index (κ1) is 26.1. The van der Waals surface area contributed by atoms with E-state index in [0.29, 0.717) is 47.8 Å². The van der Waals surface area contributed by atoms with Crippen LogP contribution in [-0.2, 0) is 22.6 Å². The zero-order chi connectivity index (χ0) is 27.7. The van der Waals surface area contributed by atoms with Gasteiger partial charge in [0.05, 0.1) is 39.3 Å². The number of benzene rings is 2. The van der Waals surface area contributed by atoms with Crippen molar-refractivity contribution in [2.24, 2.45) is 0 Å². The molecule has 1 aromatic heterocycles. The van der Waals surface area contributed by atoms with E-state index in [1.54, 1.807) is 36.8 Å². The first-order chi connectivity index (χ1) is 18.9. The molecule has 0 saturated carbocycles. The Morgan fingerprint density at radius 1 is 1.08 bits per heavy atom. The Hall–Kier alpha value is -4.47. The smallest absolute Gasteiger partial charge is 0.295 e. The number of aromatic nitrogens is 2. The van der Waals surface area contributed by atoms with Crippen LogP contribution in [0.1, 0.15) is 36.1 Å². The standard InChI is InChI=1S/C29H31N3O7/c1-17-12-19-13-18(6-7-21(19)39-17)26(33)24-25(20-14-22(36-2)28(38-4)23(15-20)37-3)32(29(35)27(24)34)10-5-9-31-11-8-30-16-31/h6-8,11,13-17,25,33H,5,9-10,12H2,1-4H3/t17-,25-/m0/s1. The minimum Gasteiger partial charge on any atom is -0.507 e. The van der Waals surface area contributed by atoms with Crippen molar-refractivity contribution in [1.82, 2.24) is 14.5 Å². The fourth-order valence-electron chi connectivity index (χ4n) is 5.28. The third kappa shape index (κ3) is 4.78. The van der Waals surface area contributed by atoms with Gasteiger partial charge in [-0.25, -0.2) is 4.98 Å². The Morgan fingerprint density at radius 2 is 1.82 bits per heavy atom. The summed E-state index contributed by atoms with van der Waals surface area (Å²) in [5.74, 6) is 0.206. The number of nitrogens with zero attached hydrogens (tertiary/aromatic N) is 3. The van der Waals surface area contributed by atoms with Gasteiger partial charge in [-0.2, -0.15) is 0 Å². The predicted octanol–water partition coefficient (Wildman–Crippen LogP) is 3.74. The molecule has 10 nitrogen and oxygen atoms in total. The molecular formula is C29H31N3O7. The largest absolute Gasteiger partial charge is 0.507 e. The molecule has 10 heteroatoms. The molecule has 5 rings (SSSR count). The van der Waals surface area contributed by atoms with Crippen LogP contribution in [0.25, 0.3) is 5.76 Å². The number of aliphatic hydroxyl groups excluding tert-OH is 1. The summed E-state index contributed by atoms with van der Waals surface area (Å²) < 4.78 is 24.2. The normalized spacial score (nSPS) is 19.6. The van der Waals surface area contributed by atoms with Crippen LogP contribution in [0.3, 0.4) is 0 Å². The van der Waals surface area contributed by atoms with Crippen molar-refractivity contribution >= 4 is 17.4 Å². The van der Waals surface area contributed by atoms with Crippen LogP contribution in [0.15, 0.2) is 54.6 Å². The number of ketones is 1. The zero-order valence-corrected chi connectivity index (χ0v) is 22.3. The summed E-state index contributed by atoms with van der Waals surface area (Å²) in [5, 5.41) is 11.5. The number of likely N-dealkylation sites (tertiary alicyclic amines) is 1. The number of ether oxygens (including phenoxy) is 4. The zero-order valence-electron chi connectivity index (χ0n) is 22.3. The number of amides is 1. The van der Waals surface area contributed by atoms with Crippen molar-refractivity contribution in [3.8, 4) is 23.0 Å². The molecular weight excluding hydrogens is 502 g/mol. The number of carbonyl (C=O) groups excluding carboxylic acids is 2. The van der Waals surface area contributed by atoms with Gasteiger partial charge in [0.15, 0.2) is 11.5 Å². The summed E-state index contributed by atoms with van der Waals surface area (Å²) in [5.41, 5.74) is 1.93. The lowest BCUT2D eigenvalue weighted by Crippen LogP contribution is -2.31. The molecule has 1 saturated heterocycles. The third-order valence-electron chi connectivity index (χ3n) is 7.09. The lowest BCUT2D eigenvalue weighted by Gasteiger charge is -2.26. The average molecular weight is 534 g/mol. The summed E-state index contributed by atoms with van der Waals surface area (Å²) in [6.07, 6.45) is 6.50. The highest BCUT2D eigenvalue weighted by molar-refractivity contribution is 6.46. The molecule has 2 aliphatic rings. The summed E-state index contributed by atoms with van der Waals surface area (Å²) >= 11 is 0. The summed E-state index contributed by atoms with van der Waals surface area (Å²) in [4.78, 5) is 32.4. The minimum absolute atomic E-state index is 0.00353. The fourth-order valence-corrected chi connectivity index (χ4v) is 5.28. The average Bonchev–Trinajstić information content (AvgIpc) is 3.65. The number of fused-ring (bicyclic) bond motifs is 1. The number of aryl methyl sites for hydroxylation is 1. The molecule has 204 valence electrons.